The second-order valence-electron chi connectivity index (χ2n) is 6.20. The minimum absolute atomic E-state index is 0.338. The molecule has 0 amide bonds. The summed E-state index contributed by atoms with van der Waals surface area (Å²) in [5, 5.41) is 0. The van der Waals surface area contributed by atoms with Crippen LogP contribution in [0.5, 0.6) is 0 Å². The fraction of sp³-hybridized carbons (Fsp3) is 0.647. The van der Waals surface area contributed by atoms with Crippen LogP contribution in [0.2, 0.25) is 0 Å². The summed E-state index contributed by atoms with van der Waals surface area (Å²) in [5.74, 6) is 0.684. The van der Waals surface area contributed by atoms with Crippen molar-refractivity contribution in [3.05, 3.63) is 35.4 Å². The Balaban J connectivity index is 2.11. The van der Waals surface area contributed by atoms with E-state index in [2.05, 4.69) is 50.2 Å². The topological polar surface area (TPSA) is 29.3 Å². The van der Waals surface area contributed by atoms with Gasteiger partial charge in [-0.25, -0.2) is 0 Å². The number of hydrogen-bond donors (Lipinski definition) is 1. The summed E-state index contributed by atoms with van der Waals surface area (Å²) < 4.78 is 0. The zero-order chi connectivity index (χ0) is 13.8. The first kappa shape index (κ1) is 14.5. The minimum Gasteiger partial charge on any atom is -0.326 e. The largest absolute Gasteiger partial charge is 0.326 e. The fourth-order valence-electron chi connectivity index (χ4n) is 3.36. The first-order chi connectivity index (χ1) is 9.11. The third-order valence-corrected chi connectivity index (χ3v) is 4.49. The van der Waals surface area contributed by atoms with E-state index in [1.165, 1.54) is 36.8 Å². The van der Waals surface area contributed by atoms with Crippen LogP contribution in [0.25, 0.3) is 0 Å². The Labute approximate surface area is 118 Å². The second kappa shape index (κ2) is 6.53. The molecule has 106 valence electrons. The Morgan fingerprint density at radius 1 is 1.26 bits per heavy atom. The number of benzene rings is 1. The molecule has 1 saturated carbocycles. The number of hydrogen-bond acceptors (Lipinski definition) is 2. The maximum absolute atomic E-state index is 6.26. The van der Waals surface area contributed by atoms with Gasteiger partial charge in [0.25, 0.3) is 0 Å². The quantitative estimate of drug-likeness (QED) is 0.901. The van der Waals surface area contributed by atoms with Crippen LogP contribution in [0.1, 0.15) is 49.7 Å². The standard InChI is InChI=1S/C17H28N2/c1-4-6-13-7-5-8-14(11-13)15-9-10-16(18)17(12-15)19(2)3/h5,7-8,11,15-17H,4,6,9-10,12,18H2,1-3H3. The van der Waals surface area contributed by atoms with Crippen LogP contribution in [-0.2, 0) is 6.42 Å². The number of rotatable bonds is 4. The van der Waals surface area contributed by atoms with Gasteiger partial charge in [0.15, 0.2) is 0 Å². The lowest BCUT2D eigenvalue weighted by Gasteiger charge is -2.38. The molecular formula is C17H28N2. The van der Waals surface area contributed by atoms with Crippen molar-refractivity contribution in [2.45, 2.75) is 57.0 Å². The Morgan fingerprint density at radius 2 is 2.05 bits per heavy atom. The molecule has 2 N–H and O–H groups in total. The van der Waals surface area contributed by atoms with E-state index in [0.29, 0.717) is 18.0 Å². The van der Waals surface area contributed by atoms with Gasteiger partial charge >= 0.3 is 0 Å². The van der Waals surface area contributed by atoms with Crippen molar-refractivity contribution in [2.24, 2.45) is 5.73 Å². The highest BCUT2D eigenvalue weighted by molar-refractivity contribution is 5.27. The Kier molecular flexibility index (Phi) is 5.00. The molecule has 1 aliphatic rings. The molecule has 1 aliphatic carbocycles. The lowest BCUT2D eigenvalue weighted by molar-refractivity contribution is 0.186. The van der Waals surface area contributed by atoms with Crippen LogP contribution in [-0.4, -0.2) is 31.1 Å². The number of aryl methyl sites for hydroxylation is 1. The van der Waals surface area contributed by atoms with Gasteiger partial charge in [-0.2, -0.15) is 0 Å². The van der Waals surface area contributed by atoms with Crippen molar-refractivity contribution in [3.8, 4) is 0 Å². The van der Waals surface area contributed by atoms with E-state index in [1.54, 1.807) is 0 Å². The van der Waals surface area contributed by atoms with E-state index in [1.807, 2.05) is 0 Å². The van der Waals surface area contributed by atoms with Crippen molar-refractivity contribution in [2.75, 3.05) is 14.1 Å². The predicted octanol–water partition coefficient (Wildman–Crippen LogP) is 3.16. The van der Waals surface area contributed by atoms with E-state index < -0.39 is 0 Å². The summed E-state index contributed by atoms with van der Waals surface area (Å²) in [6, 6.07) is 10.0. The number of nitrogens with two attached hydrogens (primary N) is 1. The molecule has 1 aromatic rings. The fourth-order valence-corrected chi connectivity index (χ4v) is 3.36. The molecule has 2 heteroatoms. The molecule has 2 rings (SSSR count). The summed E-state index contributed by atoms with van der Waals surface area (Å²) in [6.45, 7) is 2.24. The van der Waals surface area contributed by atoms with Gasteiger partial charge in [0.1, 0.15) is 0 Å². The minimum atomic E-state index is 0.338. The van der Waals surface area contributed by atoms with Crippen LogP contribution in [0.3, 0.4) is 0 Å². The molecule has 3 unspecified atom stereocenters. The Bertz CT molecular complexity index is 400. The van der Waals surface area contributed by atoms with E-state index in [-0.39, 0.29) is 0 Å². The summed E-state index contributed by atoms with van der Waals surface area (Å²) in [5.41, 5.74) is 9.26. The molecular weight excluding hydrogens is 232 g/mol. The maximum atomic E-state index is 6.26. The summed E-state index contributed by atoms with van der Waals surface area (Å²) in [4.78, 5) is 2.30. The lowest BCUT2D eigenvalue weighted by atomic mass is 9.78. The molecule has 0 aliphatic heterocycles. The van der Waals surface area contributed by atoms with Crippen LogP contribution in [0, 0.1) is 0 Å². The van der Waals surface area contributed by atoms with Crippen molar-refractivity contribution < 1.29 is 0 Å². The highest BCUT2D eigenvalue weighted by Gasteiger charge is 2.30. The second-order valence-corrected chi connectivity index (χ2v) is 6.20. The molecule has 0 saturated heterocycles. The molecule has 0 spiro atoms. The van der Waals surface area contributed by atoms with Gasteiger partial charge in [-0.1, -0.05) is 37.6 Å². The first-order valence-corrected chi connectivity index (χ1v) is 7.62. The Morgan fingerprint density at radius 3 is 2.74 bits per heavy atom. The average molecular weight is 260 g/mol. The van der Waals surface area contributed by atoms with E-state index in [4.69, 9.17) is 5.73 Å². The van der Waals surface area contributed by atoms with Gasteiger partial charge in [-0.3, -0.25) is 0 Å². The van der Waals surface area contributed by atoms with E-state index in [9.17, 15) is 0 Å². The monoisotopic (exact) mass is 260 g/mol. The highest BCUT2D eigenvalue weighted by Crippen LogP contribution is 2.34. The molecule has 3 atom stereocenters. The SMILES string of the molecule is CCCc1cccc(C2CCC(N)C(N(C)C)C2)c1. The lowest BCUT2D eigenvalue weighted by Crippen LogP contribution is -2.47. The average Bonchev–Trinajstić information content (AvgIpc) is 2.39. The zero-order valence-electron chi connectivity index (χ0n) is 12.6. The van der Waals surface area contributed by atoms with Crippen LogP contribution >= 0.6 is 0 Å². The van der Waals surface area contributed by atoms with Crippen LogP contribution < -0.4 is 5.73 Å². The van der Waals surface area contributed by atoms with Crippen molar-refractivity contribution in [1.29, 1.82) is 0 Å². The number of nitrogens with zero attached hydrogens (tertiary/aromatic N) is 1. The summed E-state index contributed by atoms with van der Waals surface area (Å²) in [6.07, 6.45) is 5.99. The van der Waals surface area contributed by atoms with Crippen LogP contribution in [0.4, 0.5) is 0 Å². The van der Waals surface area contributed by atoms with Gasteiger partial charge in [0, 0.05) is 12.1 Å². The van der Waals surface area contributed by atoms with E-state index >= 15 is 0 Å². The molecule has 19 heavy (non-hydrogen) atoms. The van der Waals surface area contributed by atoms with Gasteiger partial charge in [-0.15, -0.1) is 0 Å². The third-order valence-electron chi connectivity index (χ3n) is 4.49. The molecule has 0 aromatic heterocycles. The van der Waals surface area contributed by atoms with E-state index in [0.717, 1.165) is 6.42 Å². The zero-order valence-corrected chi connectivity index (χ0v) is 12.6. The molecule has 2 nitrogen and oxygen atoms in total. The molecule has 1 aromatic carbocycles. The number of likely N-dealkylation sites (N-methyl/N-ethyl adjacent to an activating group) is 1. The smallest absolute Gasteiger partial charge is 0.0246 e. The van der Waals surface area contributed by atoms with Crippen molar-refractivity contribution in [1.82, 2.24) is 4.90 Å². The van der Waals surface area contributed by atoms with Crippen molar-refractivity contribution in [3.63, 3.8) is 0 Å². The van der Waals surface area contributed by atoms with Gasteiger partial charge in [0.2, 0.25) is 0 Å². The van der Waals surface area contributed by atoms with Gasteiger partial charge < -0.3 is 10.6 Å². The molecule has 0 bridgehead atoms. The molecule has 0 heterocycles. The Hall–Kier alpha value is -0.860. The van der Waals surface area contributed by atoms with Gasteiger partial charge in [0.05, 0.1) is 0 Å². The third kappa shape index (κ3) is 3.58. The summed E-state index contributed by atoms with van der Waals surface area (Å²) >= 11 is 0. The summed E-state index contributed by atoms with van der Waals surface area (Å²) in [7, 11) is 4.31. The highest BCUT2D eigenvalue weighted by atomic mass is 15.1. The molecule has 0 radical (unpaired) electrons. The first-order valence-electron chi connectivity index (χ1n) is 7.62. The normalized spacial score (nSPS) is 27.7. The predicted molar refractivity (Wildman–Crippen MR) is 82.5 cm³/mol. The van der Waals surface area contributed by atoms with Gasteiger partial charge in [-0.05, 0) is 56.8 Å². The van der Waals surface area contributed by atoms with Crippen molar-refractivity contribution >= 4 is 0 Å². The molecule has 1 fully saturated rings. The maximum Gasteiger partial charge on any atom is 0.0246 e. The van der Waals surface area contributed by atoms with Crippen LogP contribution in [0.15, 0.2) is 24.3 Å².